The lowest BCUT2D eigenvalue weighted by Gasteiger charge is -2.15. The van der Waals surface area contributed by atoms with Crippen molar-refractivity contribution in [2.24, 2.45) is 0 Å². The fourth-order valence-corrected chi connectivity index (χ4v) is 3.25. The van der Waals surface area contributed by atoms with Crippen LogP contribution in [-0.4, -0.2) is 29.0 Å². The summed E-state index contributed by atoms with van der Waals surface area (Å²) in [4.78, 5) is 4.22. The highest BCUT2D eigenvalue weighted by Gasteiger charge is 2.19. The summed E-state index contributed by atoms with van der Waals surface area (Å²) >= 11 is 0. The molecule has 0 bridgehead atoms. The largest absolute Gasteiger partial charge is 0.496 e. The van der Waals surface area contributed by atoms with Crippen molar-refractivity contribution in [3.8, 4) is 28.4 Å². The Balaban J connectivity index is 0.00000210. The molecule has 138 valence electrons. The van der Waals surface area contributed by atoms with E-state index in [0.717, 1.165) is 44.9 Å². The molecule has 0 atom stereocenters. The number of fused-ring (bicyclic) bond motifs is 1. The predicted octanol–water partition coefficient (Wildman–Crippen LogP) is 4.83. The number of nitrogens with zero attached hydrogens (tertiary/aromatic N) is 3. The van der Waals surface area contributed by atoms with E-state index >= 15 is 0 Å². The van der Waals surface area contributed by atoms with Crippen molar-refractivity contribution >= 4 is 23.2 Å². The van der Waals surface area contributed by atoms with E-state index in [-0.39, 0.29) is 12.4 Å². The quantitative estimate of drug-likeness (QED) is 0.507. The second-order valence-electron chi connectivity index (χ2n) is 5.99. The van der Waals surface area contributed by atoms with Crippen molar-refractivity contribution in [2.45, 2.75) is 6.92 Å². The number of benzene rings is 2. The number of hydrogen-bond donors (Lipinski definition) is 0. The van der Waals surface area contributed by atoms with Crippen LogP contribution in [0.15, 0.2) is 60.9 Å². The lowest BCUT2D eigenvalue weighted by molar-refractivity contribution is 0.397. The smallest absolute Gasteiger partial charge is 0.132 e. The van der Waals surface area contributed by atoms with Gasteiger partial charge in [-0.1, -0.05) is 18.2 Å². The highest BCUT2D eigenvalue weighted by atomic mass is 35.5. The van der Waals surface area contributed by atoms with Crippen LogP contribution in [-0.2, 0) is 0 Å². The van der Waals surface area contributed by atoms with Gasteiger partial charge in [0.2, 0.25) is 0 Å². The lowest BCUT2D eigenvalue weighted by atomic mass is 10.1. The zero-order valence-electron chi connectivity index (χ0n) is 15.3. The van der Waals surface area contributed by atoms with Gasteiger partial charge >= 0.3 is 0 Å². The molecular formula is C21H20ClN3O2. The van der Waals surface area contributed by atoms with Gasteiger partial charge < -0.3 is 9.47 Å². The van der Waals surface area contributed by atoms with Gasteiger partial charge in [-0.15, -0.1) is 12.4 Å². The fraction of sp³-hybridized carbons (Fsp3) is 0.143. The van der Waals surface area contributed by atoms with E-state index in [0.29, 0.717) is 0 Å². The predicted molar refractivity (Wildman–Crippen MR) is 109 cm³/mol. The van der Waals surface area contributed by atoms with Gasteiger partial charge in [0, 0.05) is 23.2 Å². The topological polar surface area (TPSA) is 49.2 Å². The molecule has 5 nitrogen and oxygen atoms in total. The summed E-state index contributed by atoms with van der Waals surface area (Å²) in [5.74, 6) is 1.49. The average molecular weight is 382 g/mol. The second kappa shape index (κ2) is 7.68. The van der Waals surface area contributed by atoms with Crippen LogP contribution in [0.4, 0.5) is 0 Å². The molecule has 0 N–H and O–H groups in total. The minimum Gasteiger partial charge on any atom is -0.496 e. The van der Waals surface area contributed by atoms with Gasteiger partial charge in [0.25, 0.3) is 0 Å². The van der Waals surface area contributed by atoms with Gasteiger partial charge in [-0.25, -0.2) is 4.68 Å². The molecule has 2 aromatic heterocycles. The van der Waals surface area contributed by atoms with Crippen molar-refractivity contribution < 1.29 is 9.47 Å². The van der Waals surface area contributed by atoms with E-state index in [1.165, 1.54) is 0 Å². The summed E-state index contributed by atoms with van der Waals surface area (Å²) in [6, 6.07) is 15.9. The molecule has 0 spiro atoms. The molecule has 0 saturated carbocycles. The Morgan fingerprint density at radius 3 is 2.33 bits per heavy atom. The van der Waals surface area contributed by atoms with Gasteiger partial charge in [-0.05, 0) is 37.3 Å². The third-order valence-electron chi connectivity index (χ3n) is 4.40. The monoisotopic (exact) mass is 381 g/mol. The highest BCUT2D eigenvalue weighted by Crippen LogP contribution is 2.40. The third kappa shape index (κ3) is 3.22. The number of methoxy groups -OCH3 is 2. The number of pyridine rings is 1. The van der Waals surface area contributed by atoms with Gasteiger partial charge in [0.15, 0.2) is 0 Å². The first kappa shape index (κ1) is 18.7. The lowest BCUT2D eigenvalue weighted by Crippen LogP contribution is -2.02. The maximum Gasteiger partial charge on any atom is 0.132 e. The Bertz CT molecular complexity index is 1060. The van der Waals surface area contributed by atoms with E-state index in [4.69, 9.17) is 14.6 Å². The molecule has 4 rings (SSSR count). The number of aryl methyl sites for hydroxylation is 1. The number of ether oxygens (including phenoxy) is 2. The van der Waals surface area contributed by atoms with Crippen molar-refractivity contribution in [3.63, 3.8) is 0 Å². The van der Waals surface area contributed by atoms with Crippen LogP contribution < -0.4 is 9.47 Å². The molecule has 0 unspecified atom stereocenters. The minimum atomic E-state index is 0. The maximum atomic E-state index is 5.60. The molecule has 0 aliphatic rings. The van der Waals surface area contributed by atoms with Crippen molar-refractivity contribution in [2.75, 3.05) is 14.2 Å². The Hall–Kier alpha value is -3.05. The van der Waals surface area contributed by atoms with Crippen LogP contribution in [0.1, 0.15) is 5.69 Å². The number of rotatable bonds is 4. The first-order valence-electron chi connectivity index (χ1n) is 8.34. The average Bonchev–Trinajstić information content (AvgIpc) is 3.07. The van der Waals surface area contributed by atoms with Crippen molar-refractivity contribution in [1.82, 2.24) is 14.8 Å². The summed E-state index contributed by atoms with van der Waals surface area (Å²) in [7, 11) is 3.32. The molecule has 2 heterocycles. The molecular weight excluding hydrogens is 362 g/mol. The van der Waals surface area contributed by atoms with E-state index < -0.39 is 0 Å². The van der Waals surface area contributed by atoms with Crippen LogP contribution in [0.2, 0.25) is 0 Å². The van der Waals surface area contributed by atoms with Gasteiger partial charge in [-0.2, -0.15) is 5.10 Å². The Morgan fingerprint density at radius 1 is 0.926 bits per heavy atom. The zero-order valence-corrected chi connectivity index (χ0v) is 16.2. The summed E-state index contributed by atoms with van der Waals surface area (Å²) in [5, 5.41) is 6.89. The van der Waals surface area contributed by atoms with E-state index in [1.54, 1.807) is 20.4 Å². The van der Waals surface area contributed by atoms with Gasteiger partial charge in [0.1, 0.15) is 11.5 Å². The van der Waals surface area contributed by atoms with Crippen LogP contribution >= 0.6 is 12.4 Å². The summed E-state index contributed by atoms with van der Waals surface area (Å²) in [6.45, 7) is 1.98. The molecule has 2 aromatic carbocycles. The van der Waals surface area contributed by atoms with Crippen LogP contribution in [0.25, 0.3) is 27.7 Å². The molecule has 0 saturated heterocycles. The number of aromatic nitrogens is 3. The van der Waals surface area contributed by atoms with Gasteiger partial charge in [0.05, 0.1) is 36.9 Å². The number of halogens is 1. The van der Waals surface area contributed by atoms with E-state index in [1.807, 2.05) is 60.3 Å². The summed E-state index contributed by atoms with van der Waals surface area (Å²) < 4.78 is 13.1. The normalized spacial score (nSPS) is 10.5. The second-order valence-corrected chi connectivity index (χ2v) is 5.99. The minimum absolute atomic E-state index is 0. The molecule has 6 heteroatoms. The SMILES string of the molecule is COc1cccc(OC)c1-c1cc(C)nn1-c1cccc2cnccc12.Cl. The van der Waals surface area contributed by atoms with E-state index in [2.05, 4.69) is 11.1 Å². The molecule has 27 heavy (non-hydrogen) atoms. The first-order chi connectivity index (χ1) is 12.7. The summed E-state index contributed by atoms with van der Waals surface area (Å²) in [5.41, 5.74) is 3.70. The van der Waals surface area contributed by atoms with Crippen LogP contribution in [0, 0.1) is 6.92 Å². The molecule has 4 aromatic rings. The Kier molecular flexibility index (Phi) is 5.33. The molecule has 0 aliphatic heterocycles. The summed E-state index contributed by atoms with van der Waals surface area (Å²) in [6.07, 6.45) is 3.66. The van der Waals surface area contributed by atoms with Crippen LogP contribution in [0.5, 0.6) is 11.5 Å². The van der Waals surface area contributed by atoms with Crippen molar-refractivity contribution in [3.05, 3.63) is 66.6 Å². The maximum absolute atomic E-state index is 5.60. The standard InChI is InChI=1S/C21H19N3O2.ClH/c1-14-12-18(21-19(25-2)8-5-9-20(21)26-3)24(23-14)17-7-4-6-15-13-22-11-10-16(15)17;/h4-13H,1-3H3;1H. The van der Waals surface area contributed by atoms with E-state index in [9.17, 15) is 0 Å². The third-order valence-corrected chi connectivity index (χ3v) is 4.40. The molecule has 0 radical (unpaired) electrons. The number of hydrogen-bond acceptors (Lipinski definition) is 4. The molecule has 0 aliphatic carbocycles. The zero-order chi connectivity index (χ0) is 18.1. The van der Waals surface area contributed by atoms with Crippen LogP contribution in [0.3, 0.4) is 0 Å². The Morgan fingerprint density at radius 2 is 1.63 bits per heavy atom. The highest BCUT2D eigenvalue weighted by molar-refractivity contribution is 5.90. The van der Waals surface area contributed by atoms with Gasteiger partial charge in [-0.3, -0.25) is 4.98 Å². The Labute approximate surface area is 164 Å². The van der Waals surface area contributed by atoms with Crippen molar-refractivity contribution in [1.29, 1.82) is 0 Å². The molecule has 0 fully saturated rings. The first-order valence-corrected chi connectivity index (χ1v) is 8.34. The molecule has 0 amide bonds. The fourth-order valence-electron chi connectivity index (χ4n) is 3.25.